The highest BCUT2D eigenvalue weighted by Gasteiger charge is 2.50. The van der Waals surface area contributed by atoms with Crippen LogP contribution in [0.5, 0.6) is 0 Å². The second kappa shape index (κ2) is 5.23. The van der Waals surface area contributed by atoms with Crippen molar-refractivity contribution < 1.29 is 16.8 Å². The van der Waals surface area contributed by atoms with Gasteiger partial charge in [-0.2, -0.15) is 0 Å². The third-order valence-electron chi connectivity index (χ3n) is 4.76. The first-order valence-corrected chi connectivity index (χ1v) is 11.3. The topological polar surface area (TPSA) is 80.3 Å². The first kappa shape index (κ1) is 15.8. The summed E-state index contributed by atoms with van der Waals surface area (Å²) in [5.74, 6) is 1.27. The van der Waals surface area contributed by atoms with E-state index in [0.717, 1.165) is 12.5 Å². The van der Waals surface area contributed by atoms with Gasteiger partial charge in [-0.05, 0) is 42.9 Å². The lowest BCUT2D eigenvalue weighted by atomic mass is 10.0. The molecule has 2 atom stereocenters. The maximum atomic E-state index is 12.0. The van der Waals surface area contributed by atoms with Crippen molar-refractivity contribution in [1.82, 2.24) is 0 Å². The lowest BCUT2D eigenvalue weighted by molar-refractivity contribution is 0.480. The van der Waals surface area contributed by atoms with E-state index in [-0.39, 0.29) is 9.79 Å². The van der Waals surface area contributed by atoms with Crippen LogP contribution in [-0.2, 0) is 19.7 Å². The third-order valence-corrected chi connectivity index (χ3v) is 7.01. The molecule has 3 rings (SSSR count). The molecular formula is C15H21NO4S2. The van der Waals surface area contributed by atoms with Crippen LogP contribution in [0.4, 0.5) is 5.69 Å². The number of hydrogen-bond acceptors (Lipinski definition) is 5. The molecule has 0 saturated heterocycles. The Morgan fingerprint density at radius 2 is 1.55 bits per heavy atom. The summed E-state index contributed by atoms with van der Waals surface area (Å²) >= 11 is 0. The van der Waals surface area contributed by atoms with Crippen LogP contribution < -0.4 is 5.32 Å². The molecule has 2 aliphatic rings. The van der Waals surface area contributed by atoms with Crippen molar-refractivity contribution in [2.45, 2.75) is 41.5 Å². The van der Waals surface area contributed by atoms with E-state index in [1.165, 1.54) is 37.8 Å². The maximum Gasteiger partial charge on any atom is 0.177 e. The molecule has 1 N–H and O–H groups in total. The Balaban J connectivity index is 1.94. The van der Waals surface area contributed by atoms with Gasteiger partial charge in [0, 0.05) is 18.6 Å². The fourth-order valence-electron chi connectivity index (χ4n) is 3.55. The zero-order chi connectivity index (χ0) is 16.1. The molecule has 1 aromatic rings. The van der Waals surface area contributed by atoms with Crippen molar-refractivity contribution in [3.63, 3.8) is 0 Å². The van der Waals surface area contributed by atoms with Gasteiger partial charge in [-0.15, -0.1) is 0 Å². The van der Waals surface area contributed by atoms with E-state index in [0.29, 0.717) is 23.6 Å². The van der Waals surface area contributed by atoms with E-state index >= 15 is 0 Å². The Hall–Kier alpha value is -1.08. The summed E-state index contributed by atoms with van der Waals surface area (Å²) in [5, 5.41) is 3.34. The van der Waals surface area contributed by atoms with Crippen LogP contribution in [0.3, 0.4) is 0 Å². The van der Waals surface area contributed by atoms with Gasteiger partial charge < -0.3 is 5.32 Å². The Morgan fingerprint density at radius 1 is 0.955 bits per heavy atom. The highest BCUT2D eigenvalue weighted by atomic mass is 32.2. The van der Waals surface area contributed by atoms with E-state index in [1.807, 2.05) is 0 Å². The highest BCUT2D eigenvalue weighted by molar-refractivity contribution is 7.91. The predicted octanol–water partition coefficient (Wildman–Crippen LogP) is 2.09. The summed E-state index contributed by atoms with van der Waals surface area (Å²) in [6, 6.07) is 4.64. The van der Waals surface area contributed by atoms with Gasteiger partial charge in [-0.3, -0.25) is 0 Å². The van der Waals surface area contributed by atoms with Gasteiger partial charge in [0.05, 0.1) is 15.5 Å². The Kier molecular flexibility index (Phi) is 3.76. The van der Waals surface area contributed by atoms with Crippen molar-refractivity contribution in [3.05, 3.63) is 18.2 Å². The predicted molar refractivity (Wildman–Crippen MR) is 85.5 cm³/mol. The summed E-state index contributed by atoms with van der Waals surface area (Å²) < 4.78 is 47.3. The first-order valence-electron chi connectivity index (χ1n) is 7.48. The lowest BCUT2D eigenvalue weighted by Gasteiger charge is -2.12. The summed E-state index contributed by atoms with van der Waals surface area (Å²) in [6.07, 6.45) is 7.06. The van der Waals surface area contributed by atoms with Gasteiger partial charge in [-0.25, -0.2) is 16.8 Å². The van der Waals surface area contributed by atoms with Crippen molar-refractivity contribution >= 4 is 25.4 Å². The molecular weight excluding hydrogens is 322 g/mol. The fraction of sp³-hybridized carbons (Fsp3) is 0.600. The molecule has 122 valence electrons. The highest BCUT2D eigenvalue weighted by Crippen LogP contribution is 2.51. The van der Waals surface area contributed by atoms with E-state index < -0.39 is 19.7 Å². The van der Waals surface area contributed by atoms with Crippen LogP contribution in [0.2, 0.25) is 0 Å². The monoisotopic (exact) mass is 343 g/mol. The number of rotatable bonds is 4. The van der Waals surface area contributed by atoms with Crippen LogP contribution >= 0.6 is 0 Å². The molecule has 0 radical (unpaired) electrons. The first-order chi connectivity index (χ1) is 10.2. The molecule has 0 amide bonds. The molecule has 7 heteroatoms. The molecule has 0 heterocycles. The molecule has 2 saturated carbocycles. The van der Waals surface area contributed by atoms with E-state index in [2.05, 4.69) is 5.32 Å². The molecule has 0 bridgehead atoms. The summed E-state index contributed by atoms with van der Waals surface area (Å²) in [5.41, 5.74) is 0.523. The largest absolute Gasteiger partial charge is 0.381 e. The molecule has 0 aliphatic heterocycles. The van der Waals surface area contributed by atoms with Gasteiger partial charge >= 0.3 is 0 Å². The van der Waals surface area contributed by atoms with Gasteiger partial charge in [0.2, 0.25) is 0 Å². The van der Waals surface area contributed by atoms with Crippen LogP contribution in [0, 0.1) is 11.8 Å². The second-order valence-corrected chi connectivity index (χ2v) is 10.5. The number of fused-ring (bicyclic) bond motifs is 1. The number of benzene rings is 1. The number of nitrogens with one attached hydrogen (secondary N) is 1. The normalized spacial score (nSPS) is 28.0. The van der Waals surface area contributed by atoms with Crippen molar-refractivity contribution in [3.8, 4) is 0 Å². The number of sulfone groups is 2. The van der Waals surface area contributed by atoms with Crippen LogP contribution in [0.15, 0.2) is 28.0 Å². The quantitative estimate of drug-likeness (QED) is 0.905. The number of anilines is 1. The minimum atomic E-state index is -3.49. The molecule has 0 spiro atoms. The summed E-state index contributed by atoms with van der Waals surface area (Å²) in [7, 11) is -6.92. The molecule has 2 aliphatic carbocycles. The maximum absolute atomic E-state index is 12.0. The van der Waals surface area contributed by atoms with Gasteiger partial charge in [-0.1, -0.05) is 12.8 Å². The van der Waals surface area contributed by atoms with Gasteiger partial charge in [0.25, 0.3) is 0 Å². The van der Waals surface area contributed by atoms with Gasteiger partial charge in [0.1, 0.15) is 0 Å². The molecule has 2 fully saturated rings. The van der Waals surface area contributed by atoms with Crippen LogP contribution in [0.25, 0.3) is 0 Å². The van der Waals surface area contributed by atoms with Crippen molar-refractivity contribution in [2.24, 2.45) is 11.8 Å². The Morgan fingerprint density at radius 3 is 2.05 bits per heavy atom. The van der Waals surface area contributed by atoms with E-state index in [4.69, 9.17) is 0 Å². The second-order valence-electron chi connectivity index (χ2n) is 6.48. The zero-order valence-corrected chi connectivity index (χ0v) is 14.4. The minimum Gasteiger partial charge on any atom is -0.381 e. The minimum absolute atomic E-state index is 0.0340. The van der Waals surface area contributed by atoms with E-state index in [9.17, 15) is 16.8 Å². The van der Waals surface area contributed by atoms with Crippen molar-refractivity contribution in [2.75, 3.05) is 17.8 Å². The smallest absolute Gasteiger partial charge is 0.177 e. The molecule has 0 aromatic heterocycles. The average Bonchev–Trinajstić information content (AvgIpc) is 3.10. The lowest BCUT2D eigenvalue weighted by Crippen LogP contribution is -2.11. The standard InChI is InChI=1S/C15H21NO4S2/c1-21(17,18)10-7-8-13(14(9-10)22(2,19)20)16-15-11-5-3-4-6-12(11)15/h7-9,11-12,15-16H,3-6H2,1-2H3. The Labute approximate surface area is 132 Å². The summed E-state index contributed by atoms with van der Waals surface area (Å²) in [6.45, 7) is 0. The average molecular weight is 343 g/mol. The Bertz CT molecular complexity index is 787. The zero-order valence-electron chi connectivity index (χ0n) is 12.7. The third kappa shape index (κ3) is 3.01. The SMILES string of the molecule is CS(=O)(=O)c1ccc(NC2C3CCCCC32)c(S(C)(=O)=O)c1. The summed E-state index contributed by atoms with van der Waals surface area (Å²) in [4.78, 5) is 0.103. The molecule has 1 aromatic carbocycles. The van der Waals surface area contributed by atoms with Gasteiger partial charge in [0.15, 0.2) is 19.7 Å². The fourth-order valence-corrected chi connectivity index (χ4v) is 5.13. The van der Waals surface area contributed by atoms with E-state index in [1.54, 1.807) is 6.07 Å². The van der Waals surface area contributed by atoms with Crippen molar-refractivity contribution in [1.29, 1.82) is 0 Å². The molecule has 22 heavy (non-hydrogen) atoms. The molecule has 5 nitrogen and oxygen atoms in total. The van der Waals surface area contributed by atoms with Crippen LogP contribution in [0.1, 0.15) is 25.7 Å². The van der Waals surface area contributed by atoms with Crippen LogP contribution in [-0.4, -0.2) is 35.4 Å². The number of hydrogen-bond donors (Lipinski definition) is 1. The molecule has 2 unspecified atom stereocenters.